The Kier molecular flexibility index (Phi) is 3.47. The Labute approximate surface area is 104 Å². The van der Waals surface area contributed by atoms with Crippen LogP contribution in [0.1, 0.15) is 47.0 Å². The molecule has 1 aliphatic rings. The highest BCUT2D eigenvalue weighted by Gasteiger charge is 2.25. The molecule has 92 valence electrons. The van der Waals surface area contributed by atoms with Crippen molar-refractivity contribution < 1.29 is 14.7 Å². The summed E-state index contributed by atoms with van der Waals surface area (Å²) < 4.78 is 0. The average molecular weight is 253 g/mol. The van der Waals surface area contributed by atoms with Crippen LogP contribution in [0, 0.1) is 0 Å². The van der Waals surface area contributed by atoms with Gasteiger partial charge in [0.2, 0.25) is 5.91 Å². The molecule has 0 aliphatic heterocycles. The van der Waals surface area contributed by atoms with Gasteiger partial charge in [-0.1, -0.05) is 6.92 Å². The summed E-state index contributed by atoms with van der Waals surface area (Å²) in [5, 5.41) is 12.5. The van der Waals surface area contributed by atoms with Crippen LogP contribution in [-0.4, -0.2) is 17.0 Å². The van der Waals surface area contributed by atoms with Crippen molar-refractivity contribution in [2.24, 2.45) is 0 Å². The number of carbonyl (C=O) groups excluding carboxylic acids is 1. The predicted octanol–water partition coefficient (Wildman–Crippen LogP) is 2.67. The molecule has 0 bridgehead atoms. The molecule has 1 aliphatic carbocycles. The topological polar surface area (TPSA) is 66.4 Å². The van der Waals surface area contributed by atoms with Gasteiger partial charge in [-0.05, 0) is 31.2 Å². The van der Waals surface area contributed by atoms with E-state index in [-0.39, 0.29) is 5.91 Å². The standard InChI is InChI=1S/C12H15NO3S/c1-2-9(14)13-11-10(12(15)16)7-5-3-4-6-8(7)17-11/h2-6H2,1H3,(H,13,14)(H,15,16). The second kappa shape index (κ2) is 4.87. The third kappa shape index (κ3) is 2.34. The number of hydrogen-bond acceptors (Lipinski definition) is 3. The summed E-state index contributed by atoms with van der Waals surface area (Å²) in [7, 11) is 0. The van der Waals surface area contributed by atoms with Gasteiger partial charge in [0.1, 0.15) is 5.00 Å². The molecule has 0 atom stereocenters. The molecule has 1 heterocycles. The number of nitrogens with one attached hydrogen (secondary N) is 1. The van der Waals surface area contributed by atoms with Gasteiger partial charge in [-0.25, -0.2) is 4.79 Å². The Morgan fingerprint density at radius 3 is 2.71 bits per heavy atom. The molecule has 1 aromatic rings. The highest BCUT2D eigenvalue weighted by Crippen LogP contribution is 2.38. The van der Waals surface area contributed by atoms with Crippen LogP contribution >= 0.6 is 11.3 Å². The minimum Gasteiger partial charge on any atom is -0.478 e. The lowest BCUT2D eigenvalue weighted by Gasteiger charge is -2.10. The summed E-state index contributed by atoms with van der Waals surface area (Å²) in [5.41, 5.74) is 1.24. The van der Waals surface area contributed by atoms with Gasteiger partial charge >= 0.3 is 5.97 Å². The molecule has 17 heavy (non-hydrogen) atoms. The molecule has 0 aromatic carbocycles. The van der Waals surface area contributed by atoms with Gasteiger partial charge in [0.05, 0.1) is 5.56 Å². The average Bonchev–Trinajstić information content (AvgIpc) is 2.66. The van der Waals surface area contributed by atoms with Crippen molar-refractivity contribution in [3.63, 3.8) is 0 Å². The summed E-state index contributed by atoms with van der Waals surface area (Å²) in [6.45, 7) is 1.75. The van der Waals surface area contributed by atoms with Gasteiger partial charge in [0.25, 0.3) is 0 Å². The van der Waals surface area contributed by atoms with E-state index in [1.165, 1.54) is 11.3 Å². The lowest BCUT2D eigenvalue weighted by molar-refractivity contribution is -0.115. The first-order valence-electron chi connectivity index (χ1n) is 5.81. The van der Waals surface area contributed by atoms with Crippen LogP contribution in [0.3, 0.4) is 0 Å². The van der Waals surface area contributed by atoms with Crippen LogP contribution in [0.2, 0.25) is 0 Å². The Morgan fingerprint density at radius 2 is 2.06 bits per heavy atom. The third-order valence-corrected chi connectivity index (χ3v) is 4.17. The van der Waals surface area contributed by atoms with Crippen molar-refractivity contribution in [2.45, 2.75) is 39.0 Å². The number of rotatable bonds is 3. The molecule has 0 saturated heterocycles. The molecule has 2 rings (SSSR count). The molecule has 0 unspecified atom stereocenters. The first-order valence-corrected chi connectivity index (χ1v) is 6.62. The highest BCUT2D eigenvalue weighted by atomic mass is 32.1. The number of anilines is 1. The first-order chi connectivity index (χ1) is 8.13. The Hall–Kier alpha value is -1.36. The summed E-state index contributed by atoms with van der Waals surface area (Å²) in [4.78, 5) is 23.8. The van der Waals surface area contributed by atoms with Gasteiger partial charge in [0.15, 0.2) is 0 Å². The zero-order chi connectivity index (χ0) is 12.4. The van der Waals surface area contributed by atoms with Gasteiger partial charge in [0, 0.05) is 11.3 Å². The fraction of sp³-hybridized carbons (Fsp3) is 0.500. The van der Waals surface area contributed by atoms with E-state index in [9.17, 15) is 14.7 Å². The van der Waals surface area contributed by atoms with Gasteiger partial charge in [-0.2, -0.15) is 0 Å². The minimum atomic E-state index is -0.934. The number of aromatic carboxylic acids is 1. The molecule has 0 fully saturated rings. The SMILES string of the molecule is CCC(=O)Nc1sc2c(c1C(=O)O)CCCC2. The van der Waals surface area contributed by atoms with E-state index >= 15 is 0 Å². The Balaban J connectivity index is 2.40. The lowest BCUT2D eigenvalue weighted by atomic mass is 9.95. The monoisotopic (exact) mass is 253 g/mol. The van der Waals surface area contributed by atoms with E-state index in [4.69, 9.17) is 0 Å². The summed E-state index contributed by atoms with van der Waals surface area (Å²) in [6.07, 6.45) is 4.25. The molecule has 1 aromatic heterocycles. The minimum absolute atomic E-state index is 0.133. The smallest absolute Gasteiger partial charge is 0.339 e. The Bertz CT molecular complexity index is 465. The van der Waals surface area contributed by atoms with E-state index in [2.05, 4.69) is 5.32 Å². The molecule has 1 amide bonds. The number of aryl methyl sites for hydroxylation is 1. The van der Waals surface area contributed by atoms with Crippen LogP contribution in [0.4, 0.5) is 5.00 Å². The normalized spacial score (nSPS) is 14.2. The number of hydrogen-bond donors (Lipinski definition) is 2. The van der Waals surface area contributed by atoms with E-state index < -0.39 is 5.97 Å². The number of fused-ring (bicyclic) bond motifs is 1. The number of carbonyl (C=O) groups is 2. The molecule has 0 saturated carbocycles. The summed E-state index contributed by atoms with van der Waals surface area (Å²) in [6, 6.07) is 0. The molecular weight excluding hydrogens is 238 g/mol. The van der Waals surface area contributed by atoms with E-state index in [1.807, 2.05) is 0 Å². The molecule has 4 nitrogen and oxygen atoms in total. The fourth-order valence-electron chi connectivity index (χ4n) is 2.10. The summed E-state index contributed by atoms with van der Waals surface area (Å²) in [5.74, 6) is -1.07. The van der Waals surface area contributed by atoms with E-state index in [1.54, 1.807) is 6.92 Å². The van der Waals surface area contributed by atoms with Gasteiger partial charge in [-0.3, -0.25) is 4.79 Å². The zero-order valence-electron chi connectivity index (χ0n) is 9.71. The van der Waals surface area contributed by atoms with Crippen LogP contribution in [0.5, 0.6) is 0 Å². The van der Waals surface area contributed by atoms with Crippen molar-refractivity contribution in [1.82, 2.24) is 0 Å². The van der Waals surface area contributed by atoms with Crippen LogP contribution in [0.15, 0.2) is 0 Å². The molecule has 5 heteroatoms. The fourth-order valence-corrected chi connectivity index (χ4v) is 3.39. The maximum absolute atomic E-state index is 11.4. The van der Waals surface area contributed by atoms with Crippen molar-refractivity contribution in [2.75, 3.05) is 5.32 Å². The third-order valence-electron chi connectivity index (χ3n) is 2.96. The molecule has 2 N–H and O–H groups in total. The first kappa shape index (κ1) is 12.1. The quantitative estimate of drug-likeness (QED) is 0.870. The number of carboxylic acids is 1. The van der Waals surface area contributed by atoms with E-state index in [0.717, 1.165) is 36.1 Å². The highest BCUT2D eigenvalue weighted by molar-refractivity contribution is 7.17. The molecular formula is C12H15NO3S. The van der Waals surface area contributed by atoms with Crippen molar-refractivity contribution in [3.05, 3.63) is 16.0 Å². The van der Waals surface area contributed by atoms with Crippen LogP contribution in [-0.2, 0) is 17.6 Å². The maximum Gasteiger partial charge on any atom is 0.339 e. The van der Waals surface area contributed by atoms with Crippen molar-refractivity contribution in [3.8, 4) is 0 Å². The van der Waals surface area contributed by atoms with Gasteiger partial charge < -0.3 is 10.4 Å². The molecule has 0 spiro atoms. The number of amides is 1. The number of carboxylic acid groups (broad SMARTS) is 1. The van der Waals surface area contributed by atoms with Gasteiger partial charge in [-0.15, -0.1) is 11.3 Å². The second-order valence-corrected chi connectivity index (χ2v) is 5.23. The maximum atomic E-state index is 11.4. The predicted molar refractivity (Wildman–Crippen MR) is 66.8 cm³/mol. The van der Waals surface area contributed by atoms with Crippen LogP contribution in [0.25, 0.3) is 0 Å². The summed E-state index contributed by atoms with van der Waals surface area (Å²) >= 11 is 1.42. The molecule has 0 radical (unpaired) electrons. The largest absolute Gasteiger partial charge is 0.478 e. The van der Waals surface area contributed by atoms with Crippen molar-refractivity contribution >= 4 is 28.2 Å². The van der Waals surface area contributed by atoms with Crippen LogP contribution < -0.4 is 5.32 Å². The number of thiophene rings is 1. The second-order valence-electron chi connectivity index (χ2n) is 4.12. The Morgan fingerprint density at radius 1 is 1.35 bits per heavy atom. The van der Waals surface area contributed by atoms with E-state index in [0.29, 0.717) is 17.0 Å². The van der Waals surface area contributed by atoms with Crippen molar-refractivity contribution in [1.29, 1.82) is 0 Å². The zero-order valence-corrected chi connectivity index (χ0v) is 10.5. The lowest BCUT2D eigenvalue weighted by Crippen LogP contribution is -2.12.